The van der Waals surface area contributed by atoms with Crippen LogP contribution in [-0.2, 0) is 0 Å². The van der Waals surface area contributed by atoms with Crippen LogP contribution in [0.25, 0.3) is 0 Å². The fourth-order valence-electron chi connectivity index (χ4n) is 1.26. The number of hydrogen-bond donors (Lipinski definition) is 0. The largest absolute Gasteiger partial charge is 0.292 e. The summed E-state index contributed by atoms with van der Waals surface area (Å²) in [5, 5.41) is -0.515. The van der Waals surface area contributed by atoms with Crippen molar-refractivity contribution in [3.05, 3.63) is 35.1 Å². The summed E-state index contributed by atoms with van der Waals surface area (Å²) in [6.45, 7) is 3.55. The van der Waals surface area contributed by atoms with E-state index < -0.39 is 5.38 Å². The summed E-state index contributed by atoms with van der Waals surface area (Å²) in [7, 11) is 0. The van der Waals surface area contributed by atoms with Crippen LogP contribution in [0.1, 0.15) is 29.3 Å². The van der Waals surface area contributed by atoms with Crippen LogP contribution in [0.2, 0.25) is 0 Å². The van der Waals surface area contributed by atoms with Gasteiger partial charge in [0.2, 0.25) is 0 Å². The van der Waals surface area contributed by atoms with Crippen LogP contribution in [-0.4, -0.2) is 11.2 Å². The first-order valence-corrected chi connectivity index (χ1v) is 4.94. The van der Waals surface area contributed by atoms with Crippen LogP contribution in [0.5, 0.6) is 0 Å². The van der Waals surface area contributed by atoms with E-state index in [9.17, 15) is 9.18 Å². The van der Waals surface area contributed by atoms with Gasteiger partial charge in [-0.3, -0.25) is 4.79 Å². The molecule has 1 unspecified atom stereocenters. The highest BCUT2D eigenvalue weighted by molar-refractivity contribution is 6.34. The monoisotopic (exact) mass is 214 g/mol. The normalized spacial score (nSPS) is 12.6. The third-order valence-corrected chi connectivity index (χ3v) is 2.60. The molecular formula is C11H12ClFO. The first kappa shape index (κ1) is 11.2. The Bertz CT molecular complexity index is 349. The summed E-state index contributed by atoms with van der Waals surface area (Å²) in [6.07, 6.45) is 0.581. The SMILES string of the molecule is CCC(Cl)C(=O)c1ccc(F)cc1C. The molecule has 0 N–H and O–H groups in total. The van der Waals surface area contributed by atoms with Gasteiger partial charge in [-0.2, -0.15) is 0 Å². The number of halogens is 2. The van der Waals surface area contributed by atoms with E-state index >= 15 is 0 Å². The van der Waals surface area contributed by atoms with E-state index in [0.29, 0.717) is 17.5 Å². The summed E-state index contributed by atoms with van der Waals surface area (Å²) >= 11 is 5.82. The molecule has 1 aromatic carbocycles. The van der Waals surface area contributed by atoms with Crippen molar-refractivity contribution >= 4 is 17.4 Å². The van der Waals surface area contributed by atoms with Gasteiger partial charge in [-0.05, 0) is 37.1 Å². The molecule has 0 aliphatic rings. The van der Waals surface area contributed by atoms with Gasteiger partial charge in [-0.25, -0.2) is 4.39 Å². The highest BCUT2D eigenvalue weighted by Crippen LogP contribution is 2.16. The number of ketones is 1. The molecule has 3 heteroatoms. The molecule has 0 aromatic heterocycles. The molecule has 0 amide bonds. The number of benzene rings is 1. The number of Topliss-reactive ketones (excluding diaryl/α,β-unsaturated/α-hetero) is 1. The first-order chi connectivity index (χ1) is 6.56. The van der Waals surface area contributed by atoms with Gasteiger partial charge in [-0.1, -0.05) is 6.92 Å². The maximum absolute atomic E-state index is 12.7. The van der Waals surface area contributed by atoms with E-state index in [0.717, 1.165) is 0 Å². The van der Waals surface area contributed by atoms with Gasteiger partial charge in [0.25, 0.3) is 0 Å². The predicted octanol–water partition coefficient (Wildman–Crippen LogP) is 3.33. The summed E-state index contributed by atoms with van der Waals surface area (Å²) in [6, 6.07) is 4.10. The lowest BCUT2D eigenvalue weighted by atomic mass is 10.0. The summed E-state index contributed by atoms with van der Waals surface area (Å²) in [5.74, 6) is -0.465. The third kappa shape index (κ3) is 2.32. The molecule has 0 bridgehead atoms. The van der Waals surface area contributed by atoms with E-state index in [-0.39, 0.29) is 11.6 Å². The van der Waals surface area contributed by atoms with Crippen molar-refractivity contribution in [1.29, 1.82) is 0 Å². The molecule has 0 radical (unpaired) electrons. The minimum absolute atomic E-state index is 0.133. The average molecular weight is 215 g/mol. The van der Waals surface area contributed by atoms with Gasteiger partial charge < -0.3 is 0 Å². The lowest BCUT2D eigenvalue weighted by Gasteiger charge is -2.08. The van der Waals surface area contributed by atoms with E-state index in [1.807, 2.05) is 6.92 Å². The van der Waals surface area contributed by atoms with Crippen LogP contribution >= 0.6 is 11.6 Å². The van der Waals surface area contributed by atoms with Gasteiger partial charge >= 0.3 is 0 Å². The topological polar surface area (TPSA) is 17.1 Å². The van der Waals surface area contributed by atoms with E-state index in [1.165, 1.54) is 18.2 Å². The van der Waals surface area contributed by atoms with E-state index in [2.05, 4.69) is 0 Å². The second-order valence-corrected chi connectivity index (χ2v) is 3.73. The fourth-order valence-corrected chi connectivity index (χ4v) is 1.38. The van der Waals surface area contributed by atoms with Crippen molar-refractivity contribution in [2.75, 3.05) is 0 Å². The zero-order chi connectivity index (χ0) is 10.7. The standard InChI is InChI=1S/C11H12ClFO/c1-3-10(12)11(14)9-5-4-8(13)6-7(9)2/h4-6,10H,3H2,1-2H3. The quantitative estimate of drug-likeness (QED) is 0.557. The number of carbonyl (C=O) groups is 1. The fraction of sp³-hybridized carbons (Fsp3) is 0.364. The van der Waals surface area contributed by atoms with Gasteiger partial charge in [0, 0.05) is 5.56 Å². The Morgan fingerprint density at radius 3 is 2.71 bits per heavy atom. The summed E-state index contributed by atoms with van der Waals surface area (Å²) in [5.41, 5.74) is 1.14. The minimum Gasteiger partial charge on any atom is -0.292 e. The molecule has 1 aromatic rings. The number of alkyl halides is 1. The molecule has 0 heterocycles. The number of hydrogen-bond acceptors (Lipinski definition) is 1. The maximum Gasteiger partial charge on any atom is 0.180 e. The molecule has 1 nitrogen and oxygen atoms in total. The molecule has 1 rings (SSSR count). The molecule has 14 heavy (non-hydrogen) atoms. The second-order valence-electron chi connectivity index (χ2n) is 3.20. The summed E-state index contributed by atoms with van der Waals surface area (Å²) < 4.78 is 12.7. The molecule has 0 aliphatic carbocycles. The van der Waals surface area contributed by atoms with Gasteiger partial charge in [0.15, 0.2) is 5.78 Å². The van der Waals surface area contributed by atoms with Crippen molar-refractivity contribution in [3.63, 3.8) is 0 Å². The molecule has 76 valence electrons. The highest BCUT2D eigenvalue weighted by Gasteiger charge is 2.17. The molecule has 0 aliphatic heterocycles. The molecular weight excluding hydrogens is 203 g/mol. The molecule has 1 atom stereocenters. The average Bonchev–Trinajstić information content (AvgIpc) is 2.15. The lowest BCUT2D eigenvalue weighted by Crippen LogP contribution is -2.14. The molecule has 0 spiro atoms. The molecule has 0 saturated heterocycles. The Morgan fingerprint density at radius 2 is 2.21 bits per heavy atom. The maximum atomic E-state index is 12.7. The Kier molecular flexibility index (Phi) is 3.64. The van der Waals surface area contributed by atoms with Crippen molar-refractivity contribution in [3.8, 4) is 0 Å². The Hall–Kier alpha value is -0.890. The van der Waals surface area contributed by atoms with E-state index in [1.54, 1.807) is 6.92 Å². The Morgan fingerprint density at radius 1 is 1.57 bits per heavy atom. The third-order valence-electron chi connectivity index (χ3n) is 2.10. The minimum atomic E-state index is -0.515. The van der Waals surface area contributed by atoms with Crippen molar-refractivity contribution in [1.82, 2.24) is 0 Å². The molecule has 0 fully saturated rings. The second kappa shape index (κ2) is 4.56. The Labute approximate surface area is 87.9 Å². The van der Waals surface area contributed by atoms with Crippen LogP contribution in [0.4, 0.5) is 4.39 Å². The van der Waals surface area contributed by atoms with E-state index in [4.69, 9.17) is 11.6 Å². The predicted molar refractivity (Wildman–Crippen MR) is 55.4 cm³/mol. The first-order valence-electron chi connectivity index (χ1n) is 4.50. The van der Waals surface area contributed by atoms with Gasteiger partial charge in [0.1, 0.15) is 5.82 Å². The van der Waals surface area contributed by atoms with Crippen LogP contribution in [0.15, 0.2) is 18.2 Å². The zero-order valence-electron chi connectivity index (χ0n) is 8.18. The van der Waals surface area contributed by atoms with Crippen LogP contribution in [0, 0.1) is 12.7 Å². The van der Waals surface area contributed by atoms with Gasteiger partial charge in [-0.15, -0.1) is 11.6 Å². The summed E-state index contributed by atoms with van der Waals surface area (Å²) in [4.78, 5) is 11.7. The number of carbonyl (C=O) groups excluding carboxylic acids is 1. The van der Waals surface area contributed by atoms with Crippen LogP contribution in [0.3, 0.4) is 0 Å². The smallest absolute Gasteiger partial charge is 0.180 e. The van der Waals surface area contributed by atoms with Crippen molar-refractivity contribution in [2.45, 2.75) is 25.6 Å². The van der Waals surface area contributed by atoms with Crippen molar-refractivity contribution in [2.24, 2.45) is 0 Å². The highest BCUT2D eigenvalue weighted by atomic mass is 35.5. The van der Waals surface area contributed by atoms with Crippen molar-refractivity contribution < 1.29 is 9.18 Å². The van der Waals surface area contributed by atoms with Crippen LogP contribution < -0.4 is 0 Å². The van der Waals surface area contributed by atoms with Gasteiger partial charge in [0.05, 0.1) is 5.38 Å². The number of aryl methyl sites for hydroxylation is 1. The number of rotatable bonds is 3. The molecule has 0 saturated carbocycles. The lowest BCUT2D eigenvalue weighted by molar-refractivity contribution is 0.0985. The zero-order valence-corrected chi connectivity index (χ0v) is 8.94. The Balaban J connectivity index is 3.02.